The Hall–Kier alpha value is -2.41. The zero-order valence-electron chi connectivity index (χ0n) is 10.3. The van der Waals surface area contributed by atoms with Gasteiger partial charge >= 0.3 is 0 Å². The average Bonchev–Trinajstić information content (AvgIpc) is 2.41. The van der Waals surface area contributed by atoms with Crippen LogP contribution in [0.4, 0.5) is 14.5 Å². The first-order valence-electron chi connectivity index (χ1n) is 5.82. The molecular weight excluding hydrogens is 246 g/mol. The first-order valence-corrected chi connectivity index (χ1v) is 5.82. The summed E-state index contributed by atoms with van der Waals surface area (Å²) in [6.07, 6.45) is 0. The van der Waals surface area contributed by atoms with E-state index in [1.807, 2.05) is 6.07 Å². The van der Waals surface area contributed by atoms with Crippen molar-refractivity contribution >= 4 is 5.69 Å². The molecule has 19 heavy (non-hydrogen) atoms. The first kappa shape index (κ1) is 13.0. The molecule has 0 saturated carbocycles. The minimum atomic E-state index is -0.476. The van der Waals surface area contributed by atoms with Crippen LogP contribution in [0.1, 0.15) is 24.1 Å². The van der Waals surface area contributed by atoms with E-state index in [1.54, 1.807) is 31.2 Å². The number of nitriles is 1. The lowest BCUT2D eigenvalue weighted by Gasteiger charge is -2.16. The number of hydrogen-bond acceptors (Lipinski definition) is 2. The van der Waals surface area contributed by atoms with Gasteiger partial charge in [-0.05, 0) is 43.3 Å². The molecule has 2 aromatic rings. The predicted octanol–water partition coefficient (Wildman–Crippen LogP) is 4.01. The summed E-state index contributed by atoms with van der Waals surface area (Å²) in [4.78, 5) is 0. The van der Waals surface area contributed by atoms with Crippen molar-refractivity contribution in [3.05, 3.63) is 65.2 Å². The Labute approximate surface area is 110 Å². The highest BCUT2D eigenvalue weighted by molar-refractivity contribution is 5.50. The molecule has 0 amide bonds. The van der Waals surface area contributed by atoms with Crippen LogP contribution in [0.25, 0.3) is 0 Å². The van der Waals surface area contributed by atoms with Crippen molar-refractivity contribution in [3.8, 4) is 6.07 Å². The van der Waals surface area contributed by atoms with Gasteiger partial charge in [-0.1, -0.05) is 6.07 Å². The van der Waals surface area contributed by atoms with Crippen molar-refractivity contribution < 1.29 is 8.78 Å². The summed E-state index contributed by atoms with van der Waals surface area (Å²) < 4.78 is 26.7. The van der Waals surface area contributed by atoms with Gasteiger partial charge in [0.15, 0.2) is 0 Å². The third kappa shape index (κ3) is 3.08. The van der Waals surface area contributed by atoms with Gasteiger partial charge in [0.2, 0.25) is 0 Å². The van der Waals surface area contributed by atoms with Crippen LogP contribution in [0.3, 0.4) is 0 Å². The number of nitrogens with zero attached hydrogens (tertiary/aromatic N) is 1. The topological polar surface area (TPSA) is 35.8 Å². The molecule has 0 fully saturated rings. The fourth-order valence-electron chi connectivity index (χ4n) is 1.85. The molecule has 2 nitrogen and oxygen atoms in total. The molecule has 2 rings (SSSR count). The molecule has 1 N–H and O–H groups in total. The summed E-state index contributed by atoms with van der Waals surface area (Å²) in [5.74, 6) is -0.936. The van der Waals surface area contributed by atoms with E-state index in [2.05, 4.69) is 5.32 Å². The van der Waals surface area contributed by atoms with Crippen LogP contribution in [0.2, 0.25) is 0 Å². The summed E-state index contributed by atoms with van der Waals surface area (Å²) in [6, 6.07) is 11.8. The van der Waals surface area contributed by atoms with Gasteiger partial charge in [0.1, 0.15) is 11.6 Å². The molecule has 0 spiro atoms. The predicted molar refractivity (Wildman–Crippen MR) is 69.6 cm³/mol. The zero-order chi connectivity index (χ0) is 13.8. The molecule has 0 aliphatic rings. The molecule has 1 unspecified atom stereocenters. The maximum Gasteiger partial charge on any atom is 0.128 e. The van der Waals surface area contributed by atoms with Gasteiger partial charge in [0.05, 0.1) is 17.7 Å². The van der Waals surface area contributed by atoms with Crippen molar-refractivity contribution in [3.63, 3.8) is 0 Å². The first-order chi connectivity index (χ1) is 9.10. The van der Waals surface area contributed by atoms with Crippen LogP contribution in [-0.2, 0) is 0 Å². The SMILES string of the molecule is CC(Nc1cccc(C#N)c1)c1cc(F)ccc1F. The zero-order valence-corrected chi connectivity index (χ0v) is 10.3. The van der Waals surface area contributed by atoms with Crippen molar-refractivity contribution in [2.75, 3.05) is 5.32 Å². The molecule has 2 aromatic carbocycles. The van der Waals surface area contributed by atoms with Crippen LogP contribution < -0.4 is 5.32 Å². The molecule has 4 heteroatoms. The average molecular weight is 258 g/mol. The number of rotatable bonds is 3. The summed E-state index contributed by atoms with van der Waals surface area (Å²) in [5, 5.41) is 11.8. The van der Waals surface area contributed by atoms with E-state index in [9.17, 15) is 8.78 Å². The van der Waals surface area contributed by atoms with Crippen LogP contribution in [0.15, 0.2) is 42.5 Å². The van der Waals surface area contributed by atoms with Crippen LogP contribution in [0, 0.1) is 23.0 Å². The second-order valence-corrected chi connectivity index (χ2v) is 4.22. The Balaban J connectivity index is 2.23. The maximum atomic E-state index is 13.6. The Morgan fingerprint density at radius 2 is 1.95 bits per heavy atom. The minimum absolute atomic E-state index is 0.252. The van der Waals surface area contributed by atoms with E-state index in [0.717, 1.165) is 12.1 Å². The molecule has 0 aliphatic carbocycles. The number of hydrogen-bond donors (Lipinski definition) is 1. The molecular formula is C15H12F2N2. The Bertz CT molecular complexity index is 632. The number of halogens is 2. The van der Waals surface area contributed by atoms with E-state index in [4.69, 9.17) is 5.26 Å². The highest BCUT2D eigenvalue weighted by Gasteiger charge is 2.12. The molecule has 0 aliphatic heterocycles. The van der Waals surface area contributed by atoms with E-state index < -0.39 is 17.7 Å². The number of anilines is 1. The van der Waals surface area contributed by atoms with Gasteiger partial charge in [0.25, 0.3) is 0 Å². The van der Waals surface area contributed by atoms with Crippen molar-refractivity contribution in [2.45, 2.75) is 13.0 Å². The van der Waals surface area contributed by atoms with E-state index in [0.29, 0.717) is 11.3 Å². The summed E-state index contributed by atoms with van der Waals surface area (Å²) in [6.45, 7) is 1.73. The quantitative estimate of drug-likeness (QED) is 0.902. The van der Waals surface area contributed by atoms with Gasteiger partial charge < -0.3 is 5.32 Å². The highest BCUT2D eigenvalue weighted by atomic mass is 19.1. The summed E-state index contributed by atoms with van der Waals surface area (Å²) in [5.41, 5.74) is 1.45. The second kappa shape index (κ2) is 5.49. The van der Waals surface area contributed by atoms with Gasteiger partial charge in [-0.25, -0.2) is 8.78 Å². The van der Waals surface area contributed by atoms with E-state index in [-0.39, 0.29) is 5.56 Å². The Morgan fingerprint density at radius 1 is 1.16 bits per heavy atom. The third-order valence-corrected chi connectivity index (χ3v) is 2.80. The second-order valence-electron chi connectivity index (χ2n) is 4.22. The lowest BCUT2D eigenvalue weighted by molar-refractivity contribution is 0.577. The Morgan fingerprint density at radius 3 is 2.68 bits per heavy atom. The normalized spacial score (nSPS) is 11.7. The summed E-state index contributed by atoms with van der Waals surface area (Å²) >= 11 is 0. The molecule has 0 radical (unpaired) electrons. The van der Waals surface area contributed by atoms with Crippen LogP contribution in [0.5, 0.6) is 0 Å². The van der Waals surface area contributed by atoms with Crippen molar-refractivity contribution in [1.82, 2.24) is 0 Å². The largest absolute Gasteiger partial charge is 0.378 e. The van der Waals surface area contributed by atoms with Crippen molar-refractivity contribution in [1.29, 1.82) is 5.26 Å². The lowest BCUT2D eigenvalue weighted by Crippen LogP contribution is -2.09. The van der Waals surface area contributed by atoms with Gasteiger partial charge in [-0.2, -0.15) is 5.26 Å². The standard InChI is InChI=1S/C15H12F2N2/c1-10(14-8-12(16)5-6-15(14)17)19-13-4-2-3-11(7-13)9-18/h2-8,10,19H,1H3. The van der Waals surface area contributed by atoms with Crippen molar-refractivity contribution in [2.24, 2.45) is 0 Å². The van der Waals surface area contributed by atoms with Gasteiger partial charge in [0, 0.05) is 11.3 Å². The molecule has 0 aromatic heterocycles. The molecule has 1 atom stereocenters. The van der Waals surface area contributed by atoms with Gasteiger partial charge in [-0.15, -0.1) is 0 Å². The Kier molecular flexibility index (Phi) is 3.76. The molecule has 0 heterocycles. The fraction of sp³-hybridized carbons (Fsp3) is 0.133. The van der Waals surface area contributed by atoms with E-state index >= 15 is 0 Å². The molecule has 0 saturated heterocycles. The lowest BCUT2D eigenvalue weighted by atomic mass is 10.1. The monoisotopic (exact) mass is 258 g/mol. The molecule has 0 bridgehead atoms. The third-order valence-electron chi connectivity index (χ3n) is 2.80. The van der Waals surface area contributed by atoms with Crippen LogP contribution >= 0.6 is 0 Å². The highest BCUT2D eigenvalue weighted by Crippen LogP contribution is 2.23. The van der Waals surface area contributed by atoms with E-state index in [1.165, 1.54) is 6.07 Å². The number of benzene rings is 2. The maximum absolute atomic E-state index is 13.6. The number of nitrogens with one attached hydrogen (secondary N) is 1. The summed E-state index contributed by atoms with van der Waals surface area (Å²) in [7, 11) is 0. The van der Waals surface area contributed by atoms with Gasteiger partial charge in [-0.3, -0.25) is 0 Å². The van der Waals surface area contributed by atoms with Crippen LogP contribution in [-0.4, -0.2) is 0 Å². The fourth-order valence-corrected chi connectivity index (χ4v) is 1.85. The molecule has 96 valence electrons. The minimum Gasteiger partial charge on any atom is -0.378 e. The smallest absolute Gasteiger partial charge is 0.128 e.